The van der Waals surface area contributed by atoms with Crippen LogP contribution < -0.4 is 10.6 Å². The lowest BCUT2D eigenvalue weighted by molar-refractivity contribution is 0.0951. The van der Waals surface area contributed by atoms with Crippen LogP contribution in [0.1, 0.15) is 26.4 Å². The molecule has 0 unspecified atom stereocenters. The lowest BCUT2D eigenvalue weighted by Gasteiger charge is -2.11. The lowest BCUT2D eigenvalue weighted by atomic mass is 10.1. The van der Waals surface area contributed by atoms with Crippen LogP contribution in [0.15, 0.2) is 54.0 Å². The summed E-state index contributed by atoms with van der Waals surface area (Å²) in [5.74, 6) is 0.604. The Labute approximate surface area is 145 Å². The predicted molar refractivity (Wildman–Crippen MR) is 98.9 cm³/mol. The normalized spacial score (nSPS) is 10.4. The van der Waals surface area contributed by atoms with E-state index in [0.717, 1.165) is 16.4 Å². The third kappa shape index (κ3) is 3.81. The van der Waals surface area contributed by atoms with Crippen molar-refractivity contribution >= 4 is 28.7 Å². The summed E-state index contributed by atoms with van der Waals surface area (Å²) in [5.41, 5.74) is 4.00. The number of hydrogen-bond donors (Lipinski definition) is 2. The van der Waals surface area contributed by atoms with Crippen molar-refractivity contribution in [2.24, 2.45) is 0 Å². The Hall–Kier alpha value is -2.66. The molecule has 3 rings (SSSR count). The zero-order valence-corrected chi connectivity index (χ0v) is 14.5. The second-order valence-corrected chi connectivity index (χ2v) is 6.60. The number of carbonyl (C=O) groups is 1. The van der Waals surface area contributed by atoms with Crippen LogP contribution in [0.3, 0.4) is 0 Å². The minimum absolute atomic E-state index is 0.116. The number of benzene rings is 1. The Balaban J connectivity index is 1.64. The molecule has 0 saturated heterocycles. The van der Waals surface area contributed by atoms with E-state index in [1.54, 1.807) is 23.6 Å². The number of nitrogens with one attached hydrogen (secondary N) is 2. The first-order chi connectivity index (χ1) is 11.6. The molecule has 2 heterocycles. The Bertz CT molecular complexity index is 826. The van der Waals surface area contributed by atoms with Gasteiger partial charge < -0.3 is 10.6 Å². The monoisotopic (exact) mass is 337 g/mol. The summed E-state index contributed by atoms with van der Waals surface area (Å²) in [4.78, 5) is 17.6. The fourth-order valence-corrected chi connectivity index (χ4v) is 2.95. The fourth-order valence-electron chi connectivity index (χ4n) is 2.31. The highest BCUT2D eigenvalue weighted by molar-refractivity contribution is 7.09. The Morgan fingerprint density at radius 3 is 2.71 bits per heavy atom. The van der Waals surface area contributed by atoms with Crippen LogP contribution in [0.4, 0.5) is 11.5 Å². The number of pyridine rings is 1. The SMILES string of the molecule is Cc1cccc(Nc2ccc(C(=O)NCc3cccs3)cn2)c1C. The molecular weight excluding hydrogens is 318 g/mol. The van der Waals surface area contributed by atoms with Crippen molar-refractivity contribution < 1.29 is 4.79 Å². The number of carbonyl (C=O) groups excluding carboxylic acids is 1. The quantitative estimate of drug-likeness (QED) is 0.724. The van der Waals surface area contributed by atoms with Crippen molar-refractivity contribution in [1.82, 2.24) is 10.3 Å². The van der Waals surface area contributed by atoms with Crippen molar-refractivity contribution in [2.75, 3.05) is 5.32 Å². The second kappa shape index (κ2) is 7.27. The van der Waals surface area contributed by atoms with E-state index >= 15 is 0 Å². The van der Waals surface area contributed by atoms with Crippen LogP contribution >= 0.6 is 11.3 Å². The minimum Gasteiger partial charge on any atom is -0.347 e. The van der Waals surface area contributed by atoms with Gasteiger partial charge in [0.2, 0.25) is 0 Å². The molecule has 0 atom stereocenters. The minimum atomic E-state index is -0.116. The summed E-state index contributed by atoms with van der Waals surface area (Å²) in [7, 11) is 0. The molecule has 0 aliphatic heterocycles. The first-order valence-corrected chi connectivity index (χ1v) is 8.61. The molecule has 0 radical (unpaired) electrons. The Kier molecular flexibility index (Phi) is 4.91. The van der Waals surface area contributed by atoms with Crippen LogP contribution in [0.2, 0.25) is 0 Å². The molecule has 3 aromatic rings. The van der Waals surface area contributed by atoms with Gasteiger partial charge in [-0.1, -0.05) is 18.2 Å². The molecule has 4 nitrogen and oxygen atoms in total. The smallest absolute Gasteiger partial charge is 0.253 e. The number of amides is 1. The van der Waals surface area contributed by atoms with Gasteiger partial charge in [-0.2, -0.15) is 0 Å². The van der Waals surface area contributed by atoms with Gasteiger partial charge in [0.15, 0.2) is 0 Å². The van der Waals surface area contributed by atoms with E-state index in [9.17, 15) is 4.79 Å². The first kappa shape index (κ1) is 16.2. The summed E-state index contributed by atoms with van der Waals surface area (Å²) in [5, 5.41) is 8.19. The van der Waals surface area contributed by atoms with Crippen LogP contribution in [0.5, 0.6) is 0 Å². The molecule has 0 bridgehead atoms. The summed E-state index contributed by atoms with van der Waals surface area (Å²) in [6.45, 7) is 4.69. The van der Waals surface area contributed by atoms with Gasteiger partial charge in [0.1, 0.15) is 5.82 Å². The highest BCUT2D eigenvalue weighted by Crippen LogP contribution is 2.21. The molecule has 0 fully saturated rings. The topological polar surface area (TPSA) is 54.0 Å². The molecule has 2 N–H and O–H groups in total. The molecular formula is C19H19N3OS. The molecule has 0 saturated carbocycles. The summed E-state index contributed by atoms with van der Waals surface area (Å²) in [6.07, 6.45) is 1.59. The molecule has 1 amide bonds. The average Bonchev–Trinajstić information content (AvgIpc) is 3.11. The van der Waals surface area contributed by atoms with Crippen LogP contribution in [0.25, 0.3) is 0 Å². The maximum absolute atomic E-state index is 12.1. The van der Waals surface area contributed by atoms with E-state index in [1.165, 1.54) is 11.1 Å². The molecule has 24 heavy (non-hydrogen) atoms. The molecule has 1 aromatic carbocycles. The number of aromatic nitrogens is 1. The van der Waals surface area contributed by atoms with E-state index in [0.29, 0.717) is 12.1 Å². The van der Waals surface area contributed by atoms with E-state index in [1.807, 2.05) is 35.7 Å². The summed E-state index contributed by atoms with van der Waals surface area (Å²) < 4.78 is 0. The molecule has 122 valence electrons. The molecule has 0 aliphatic rings. The maximum atomic E-state index is 12.1. The number of aryl methyl sites for hydroxylation is 1. The Morgan fingerprint density at radius 2 is 2.00 bits per heavy atom. The standard InChI is InChI=1S/C19H19N3OS/c1-13-5-3-7-17(14(13)2)22-18-9-8-15(11-20-18)19(23)21-12-16-6-4-10-24-16/h3-11H,12H2,1-2H3,(H,20,22)(H,21,23). The van der Waals surface area contributed by atoms with Gasteiger partial charge in [-0.25, -0.2) is 4.98 Å². The Morgan fingerprint density at radius 1 is 1.12 bits per heavy atom. The molecule has 5 heteroatoms. The third-order valence-electron chi connectivity index (χ3n) is 3.90. The van der Waals surface area contributed by atoms with Crippen molar-refractivity contribution in [2.45, 2.75) is 20.4 Å². The lowest BCUT2D eigenvalue weighted by Crippen LogP contribution is -2.22. The van der Waals surface area contributed by atoms with Gasteiger partial charge in [0.05, 0.1) is 12.1 Å². The van der Waals surface area contributed by atoms with E-state index in [-0.39, 0.29) is 5.91 Å². The molecule has 0 aliphatic carbocycles. The number of hydrogen-bond acceptors (Lipinski definition) is 4. The van der Waals surface area contributed by atoms with E-state index in [4.69, 9.17) is 0 Å². The number of rotatable bonds is 5. The highest BCUT2D eigenvalue weighted by atomic mass is 32.1. The fraction of sp³-hybridized carbons (Fsp3) is 0.158. The van der Waals surface area contributed by atoms with Crippen LogP contribution in [-0.2, 0) is 6.54 Å². The van der Waals surface area contributed by atoms with Gasteiger partial charge in [-0.05, 0) is 54.6 Å². The van der Waals surface area contributed by atoms with Crippen molar-refractivity contribution in [3.05, 3.63) is 75.6 Å². The van der Waals surface area contributed by atoms with E-state index < -0.39 is 0 Å². The molecule has 0 spiro atoms. The number of anilines is 2. The first-order valence-electron chi connectivity index (χ1n) is 7.73. The van der Waals surface area contributed by atoms with Gasteiger partial charge in [0.25, 0.3) is 5.91 Å². The zero-order valence-electron chi connectivity index (χ0n) is 13.7. The van der Waals surface area contributed by atoms with Crippen molar-refractivity contribution in [3.8, 4) is 0 Å². The van der Waals surface area contributed by atoms with Gasteiger partial charge in [-0.3, -0.25) is 4.79 Å². The van der Waals surface area contributed by atoms with Gasteiger partial charge in [0, 0.05) is 16.8 Å². The average molecular weight is 337 g/mol. The highest BCUT2D eigenvalue weighted by Gasteiger charge is 2.07. The predicted octanol–water partition coefficient (Wildman–Crippen LogP) is 4.43. The summed E-state index contributed by atoms with van der Waals surface area (Å²) in [6, 6.07) is 13.7. The van der Waals surface area contributed by atoms with Gasteiger partial charge in [-0.15, -0.1) is 11.3 Å². The van der Waals surface area contributed by atoms with Crippen LogP contribution in [-0.4, -0.2) is 10.9 Å². The number of nitrogens with zero attached hydrogens (tertiary/aromatic N) is 1. The van der Waals surface area contributed by atoms with Crippen LogP contribution in [0, 0.1) is 13.8 Å². The van der Waals surface area contributed by atoms with E-state index in [2.05, 4.69) is 35.5 Å². The number of thiophene rings is 1. The zero-order chi connectivity index (χ0) is 16.9. The largest absolute Gasteiger partial charge is 0.347 e. The van der Waals surface area contributed by atoms with Gasteiger partial charge >= 0.3 is 0 Å². The van der Waals surface area contributed by atoms with Crippen molar-refractivity contribution in [3.63, 3.8) is 0 Å². The maximum Gasteiger partial charge on any atom is 0.253 e. The summed E-state index contributed by atoms with van der Waals surface area (Å²) >= 11 is 1.63. The second-order valence-electron chi connectivity index (χ2n) is 5.57. The van der Waals surface area contributed by atoms with Crippen molar-refractivity contribution in [1.29, 1.82) is 0 Å². The molecule has 2 aromatic heterocycles. The third-order valence-corrected chi connectivity index (χ3v) is 4.77.